The Labute approximate surface area is 176 Å². The van der Waals surface area contributed by atoms with Crippen LogP contribution in [0.3, 0.4) is 0 Å². The Hall–Kier alpha value is -2.72. The number of aliphatic hydroxyl groups is 1. The van der Waals surface area contributed by atoms with Crippen LogP contribution in [-0.2, 0) is 11.6 Å². The second-order valence-corrected chi connectivity index (χ2v) is 7.82. The van der Waals surface area contributed by atoms with Crippen molar-refractivity contribution in [3.8, 4) is 0 Å². The van der Waals surface area contributed by atoms with Crippen molar-refractivity contribution in [2.45, 2.75) is 24.4 Å². The monoisotopic (exact) mass is 437 g/mol. The van der Waals surface area contributed by atoms with Gasteiger partial charge in [0, 0.05) is 30.4 Å². The van der Waals surface area contributed by atoms with Crippen LogP contribution in [0.2, 0.25) is 0 Å². The number of likely N-dealkylation sites (tertiary alicyclic amines) is 1. The zero-order valence-corrected chi connectivity index (χ0v) is 16.7. The molecule has 0 saturated carbocycles. The second kappa shape index (κ2) is 8.43. The van der Waals surface area contributed by atoms with Crippen LogP contribution in [0.1, 0.15) is 24.2 Å². The zero-order chi connectivity index (χ0) is 22.1. The Balaban J connectivity index is 1.61. The third kappa shape index (κ3) is 4.49. The third-order valence-corrected chi connectivity index (χ3v) is 5.89. The Morgan fingerprint density at radius 1 is 1.13 bits per heavy atom. The predicted octanol–water partition coefficient (Wildman–Crippen LogP) is 3.33. The Morgan fingerprint density at radius 3 is 2.55 bits per heavy atom. The summed E-state index contributed by atoms with van der Waals surface area (Å²) in [7, 11) is 0. The molecule has 0 atom stereocenters. The van der Waals surface area contributed by atoms with Crippen molar-refractivity contribution >= 4 is 11.5 Å². The number of nitrogens with zero attached hydrogens (tertiary/aromatic N) is 4. The molecule has 0 aliphatic carbocycles. The minimum absolute atomic E-state index is 0.0736. The number of anilines is 1. The molecule has 0 radical (unpaired) electrons. The van der Waals surface area contributed by atoms with E-state index >= 15 is 0 Å². The van der Waals surface area contributed by atoms with E-state index in [0.717, 1.165) is 25.0 Å². The molecule has 2 N–H and O–H groups in total. The summed E-state index contributed by atoms with van der Waals surface area (Å²) in [4.78, 5) is 10.1. The van der Waals surface area contributed by atoms with E-state index in [9.17, 15) is 22.7 Å². The normalized spacial score (nSPS) is 17.2. The molecule has 1 fully saturated rings. The summed E-state index contributed by atoms with van der Waals surface area (Å²) in [6.07, 6.45) is -0.936. The molecule has 3 aromatic heterocycles. The fourth-order valence-electron chi connectivity index (χ4n) is 4.11. The van der Waals surface area contributed by atoms with Crippen LogP contribution in [0.15, 0.2) is 42.7 Å². The van der Waals surface area contributed by atoms with Crippen LogP contribution in [0.4, 0.5) is 23.4 Å². The summed E-state index contributed by atoms with van der Waals surface area (Å²) in [5.74, 6) is 0.0622. The van der Waals surface area contributed by atoms with Gasteiger partial charge in [-0.2, -0.15) is 13.2 Å². The van der Waals surface area contributed by atoms with E-state index < -0.39 is 23.1 Å². The molecule has 31 heavy (non-hydrogen) atoms. The van der Waals surface area contributed by atoms with Gasteiger partial charge in [0.1, 0.15) is 17.3 Å². The van der Waals surface area contributed by atoms with Crippen molar-refractivity contribution in [3.63, 3.8) is 0 Å². The van der Waals surface area contributed by atoms with Gasteiger partial charge in [-0.25, -0.2) is 9.37 Å². The van der Waals surface area contributed by atoms with Crippen LogP contribution in [0.5, 0.6) is 0 Å². The number of hydrogen-bond donors (Lipinski definition) is 2. The summed E-state index contributed by atoms with van der Waals surface area (Å²) >= 11 is 0. The van der Waals surface area contributed by atoms with E-state index in [-0.39, 0.29) is 12.3 Å². The van der Waals surface area contributed by atoms with Crippen molar-refractivity contribution < 1.29 is 22.7 Å². The maximum atomic E-state index is 13.4. The van der Waals surface area contributed by atoms with Gasteiger partial charge in [0.2, 0.25) is 0 Å². The van der Waals surface area contributed by atoms with E-state index in [1.807, 2.05) is 0 Å². The molecule has 4 rings (SSSR count). The fraction of sp³-hybridized carbons (Fsp3) is 0.429. The minimum atomic E-state index is -4.53. The first kappa shape index (κ1) is 21.5. The fourth-order valence-corrected chi connectivity index (χ4v) is 4.11. The number of aliphatic hydroxyl groups excluding tert-OH is 1. The molecule has 0 bridgehead atoms. The van der Waals surface area contributed by atoms with Crippen LogP contribution in [0.25, 0.3) is 5.65 Å². The van der Waals surface area contributed by atoms with Gasteiger partial charge in [-0.3, -0.25) is 9.38 Å². The number of fused-ring (bicyclic) bond motifs is 1. The Morgan fingerprint density at radius 2 is 1.90 bits per heavy atom. The molecule has 1 aliphatic rings. The molecule has 4 heterocycles. The molecule has 1 aliphatic heterocycles. The molecule has 10 heteroatoms. The lowest BCUT2D eigenvalue weighted by atomic mass is 9.75. The standard InChI is InChI=1S/C21H23F4N5O/c22-15-4-5-16(26-12-15)20(6-8-29(9-7-20)10-11-31)14-27-18-2-1-3-19-28-17(13-30(18)19)21(23,24)25/h1-5,12-13,27,31H,6-11,14H2. The molecule has 6 nitrogen and oxygen atoms in total. The molecule has 0 unspecified atom stereocenters. The van der Waals surface area contributed by atoms with Crippen LogP contribution < -0.4 is 5.32 Å². The van der Waals surface area contributed by atoms with Gasteiger partial charge in [-0.05, 0) is 50.2 Å². The minimum Gasteiger partial charge on any atom is -0.395 e. The van der Waals surface area contributed by atoms with Crippen LogP contribution >= 0.6 is 0 Å². The first-order valence-electron chi connectivity index (χ1n) is 10.1. The number of piperidine rings is 1. The van der Waals surface area contributed by atoms with Gasteiger partial charge in [0.05, 0.1) is 12.8 Å². The number of imidazole rings is 1. The average Bonchev–Trinajstić information content (AvgIpc) is 3.20. The van der Waals surface area contributed by atoms with E-state index in [1.165, 1.54) is 22.7 Å². The third-order valence-electron chi connectivity index (χ3n) is 5.89. The van der Waals surface area contributed by atoms with E-state index in [4.69, 9.17) is 0 Å². The molecule has 166 valence electrons. The highest BCUT2D eigenvalue weighted by atomic mass is 19.4. The maximum Gasteiger partial charge on any atom is 0.434 e. The highest BCUT2D eigenvalue weighted by molar-refractivity contribution is 5.51. The predicted molar refractivity (Wildman–Crippen MR) is 107 cm³/mol. The van der Waals surface area contributed by atoms with Crippen LogP contribution in [0, 0.1) is 5.82 Å². The number of rotatable bonds is 6. The second-order valence-electron chi connectivity index (χ2n) is 7.82. The van der Waals surface area contributed by atoms with Gasteiger partial charge in [0.15, 0.2) is 5.69 Å². The lowest BCUT2D eigenvalue weighted by Gasteiger charge is -2.41. The maximum absolute atomic E-state index is 13.4. The smallest absolute Gasteiger partial charge is 0.395 e. The van der Waals surface area contributed by atoms with Crippen molar-refractivity contribution in [2.75, 3.05) is 38.1 Å². The SMILES string of the molecule is OCCN1CCC(CNc2cccc3nc(C(F)(F)F)cn23)(c2ccc(F)cn2)CC1. The summed E-state index contributed by atoms with van der Waals surface area (Å²) in [5.41, 5.74) is -0.438. The van der Waals surface area contributed by atoms with Gasteiger partial charge in [0.25, 0.3) is 0 Å². The molecular weight excluding hydrogens is 414 g/mol. The molecule has 0 amide bonds. The number of β-amino-alcohol motifs (C(OH)–C–C–N with tert-alkyl or cyclic N) is 1. The average molecular weight is 437 g/mol. The summed E-state index contributed by atoms with van der Waals surface area (Å²) in [6.45, 7) is 2.53. The zero-order valence-electron chi connectivity index (χ0n) is 16.7. The molecule has 1 saturated heterocycles. The van der Waals surface area contributed by atoms with E-state index in [2.05, 4.69) is 20.2 Å². The number of halogens is 4. The van der Waals surface area contributed by atoms with Gasteiger partial charge in [-0.1, -0.05) is 6.07 Å². The molecular formula is C21H23F4N5O. The van der Waals surface area contributed by atoms with Gasteiger partial charge < -0.3 is 15.3 Å². The van der Waals surface area contributed by atoms with Crippen molar-refractivity contribution in [2.24, 2.45) is 0 Å². The summed E-state index contributed by atoms with van der Waals surface area (Å²) in [6, 6.07) is 7.90. The lowest BCUT2D eigenvalue weighted by molar-refractivity contribution is -0.140. The first-order chi connectivity index (χ1) is 14.8. The van der Waals surface area contributed by atoms with Gasteiger partial charge >= 0.3 is 6.18 Å². The van der Waals surface area contributed by atoms with Gasteiger partial charge in [-0.15, -0.1) is 0 Å². The number of alkyl halides is 3. The van der Waals surface area contributed by atoms with Crippen molar-refractivity contribution in [1.29, 1.82) is 0 Å². The Bertz CT molecular complexity index is 1030. The van der Waals surface area contributed by atoms with Crippen molar-refractivity contribution in [3.05, 3.63) is 59.9 Å². The Kier molecular flexibility index (Phi) is 5.85. The quantitative estimate of drug-likeness (QED) is 0.580. The van der Waals surface area contributed by atoms with E-state index in [1.54, 1.807) is 18.2 Å². The number of aromatic nitrogens is 3. The number of pyridine rings is 2. The molecule has 0 aromatic carbocycles. The van der Waals surface area contributed by atoms with E-state index in [0.29, 0.717) is 31.7 Å². The molecule has 3 aromatic rings. The number of nitrogens with one attached hydrogen (secondary N) is 1. The summed E-state index contributed by atoms with van der Waals surface area (Å²) in [5, 5.41) is 12.5. The molecule has 0 spiro atoms. The van der Waals surface area contributed by atoms with Crippen molar-refractivity contribution in [1.82, 2.24) is 19.3 Å². The largest absolute Gasteiger partial charge is 0.434 e. The number of hydrogen-bond acceptors (Lipinski definition) is 5. The highest BCUT2D eigenvalue weighted by Crippen LogP contribution is 2.35. The highest BCUT2D eigenvalue weighted by Gasteiger charge is 2.38. The summed E-state index contributed by atoms with van der Waals surface area (Å²) < 4.78 is 54.1. The lowest BCUT2D eigenvalue weighted by Crippen LogP contribution is -2.47. The van der Waals surface area contributed by atoms with Crippen LogP contribution in [-0.4, -0.2) is 57.2 Å². The first-order valence-corrected chi connectivity index (χ1v) is 10.1. The topological polar surface area (TPSA) is 65.7 Å².